The van der Waals surface area contributed by atoms with Crippen molar-refractivity contribution < 1.29 is 14.4 Å². The lowest BCUT2D eigenvalue weighted by molar-refractivity contribution is 0.0689. The Kier molecular flexibility index (Phi) is 2.77. The highest BCUT2D eigenvalue weighted by atomic mass is 16.5. The first-order valence-corrected chi connectivity index (χ1v) is 4.46. The topological polar surface area (TPSA) is 101 Å². The van der Waals surface area contributed by atoms with Crippen LogP contribution in [0.5, 0.6) is 0 Å². The van der Waals surface area contributed by atoms with Crippen LogP contribution in [-0.4, -0.2) is 26.4 Å². The Balaban J connectivity index is 1.98. The van der Waals surface area contributed by atoms with Crippen LogP contribution in [-0.2, 0) is 6.54 Å². The number of carbonyl (C=O) groups is 1. The predicted molar refractivity (Wildman–Crippen MR) is 52.8 cm³/mol. The molecule has 0 aliphatic carbocycles. The number of carboxylic acid groups (broad SMARTS) is 1. The number of nitrogens with one attached hydrogen (secondary N) is 1. The Labute approximate surface area is 90.1 Å². The molecule has 0 radical (unpaired) electrons. The third kappa shape index (κ3) is 2.32. The van der Waals surface area contributed by atoms with Gasteiger partial charge in [0.2, 0.25) is 0 Å². The van der Waals surface area contributed by atoms with Crippen molar-refractivity contribution in [3.8, 4) is 0 Å². The maximum atomic E-state index is 10.5. The summed E-state index contributed by atoms with van der Waals surface area (Å²) in [5.74, 6) is 0.0276. The van der Waals surface area contributed by atoms with Gasteiger partial charge in [-0.3, -0.25) is 0 Å². The van der Waals surface area contributed by atoms with Gasteiger partial charge < -0.3 is 14.9 Å². The third-order valence-electron chi connectivity index (χ3n) is 1.82. The van der Waals surface area contributed by atoms with E-state index in [4.69, 9.17) is 9.63 Å². The minimum absolute atomic E-state index is 0.0924. The first-order valence-electron chi connectivity index (χ1n) is 4.46. The fourth-order valence-corrected chi connectivity index (χ4v) is 1.05. The Hall–Kier alpha value is -2.44. The summed E-state index contributed by atoms with van der Waals surface area (Å²) in [4.78, 5) is 10.5. The maximum absolute atomic E-state index is 10.5. The van der Waals surface area contributed by atoms with E-state index in [0.717, 1.165) is 0 Å². The van der Waals surface area contributed by atoms with E-state index in [-0.39, 0.29) is 5.69 Å². The molecular weight excluding hydrogens is 212 g/mol. The SMILES string of the molecule is O=C(O)c1ccc(NCc2ccno2)nn1. The molecule has 16 heavy (non-hydrogen) atoms. The number of anilines is 1. The Morgan fingerprint density at radius 3 is 2.81 bits per heavy atom. The van der Waals surface area contributed by atoms with E-state index in [1.165, 1.54) is 18.3 Å². The quantitative estimate of drug-likeness (QED) is 0.784. The van der Waals surface area contributed by atoms with Crippen LogP contribution >= 0.6 is 0 Å². The first kappa shape index (κ1) is 10.1. The van der Waals surface area contributed by atoms with E-state index in [9.17, 15) is 4.79 Å². The van der Waals surface area contributed by atoms with Gasteiger partial charge in [-0.2, -0.15) is 0 Å². The normalized spacial score (nSPS) is 10.0. The zero-order valence-corrected chi connectivity index (χ0v) is 8.12. The number of aromatic nitrogens is 3. The second kappa shape index (κ2) is 4.39. The third-order valence-corrected chi connectivity index (χ3v) is 1.82. The summed E-state index contributed by atoms with van der Waals surface area (Å²) < 4.78 is 4.86. The molecule has 0 spiro atoms. The zero-order chi connectivity index (χ0) is 11.4. The van der Waals surface area contributed by atoms with Crippen molar-refractivity contribution >= 4 is 11.8 Å². The van der Waals surface area contributed by atoms with Crippen molar-refractivity contribution in [3.63, 3.8) is 0 Å². The van der Waals surface area contributed by atoms with E-state index in [1.54, 1.807) is 6.07 Å². The molecule has 2 heterocycles. The summed E-state index contributed by atoms with van der Waals surface area (Å²) in [6.45, 7) is 0.418. The van der Waals surface area contributed by atoms with Gasteiger partial charge in [0.05, 0.1) is 12.7 Å². The van der Waals surface area contributed by atoms with Gasteiger partial charge in [-0.1, -0.05) is 5.16 Å². The minimum Gasteiger partial charge on any atom is -0.476 e. The van der Waals surface area contributed by atoms with Crippen LogP contribution in [0.3, 0.4) is 0 Å². The van der Waals surface area contributed by atoms with Crippen molar-refractivity contribution in [2.75, 3.05) is 5.32 Å². The molecule has 2 aromatic rings. The van der Waals surface area contributed by atoms with Crippen LogP contribution < -0.4 is 5.32 Å². The molecule has 0 fully saturated rings. The second-order valence-electron chi connectivity index (χ2n) is 2.94. The van der Waals surface area contributed by atoms with Crippen LogP contribution in [0.2, 0.25) is 0 Å². The molecule has 0 amide bonds. The number of aromatic carboxylic acids is 1. The lowest BCUT2D eigenvalue weighted by Gasteiger charge is -2.01. The van der Waals surface area contributed by atoms with Crippen molar-refractivity contribution in [1.82, 2.24) is 15.4 Å². The van der Waals surface area contributed by atoms with Gasteiger partial charge in [0.15, 0.2) is 11.5 Å². The van der Waals surface area contributed by atoms with E-state index in [0.29, 0.717) is 18.1 Å². The van der Waals surface area contributed by atoms with Crippen molar-refractivity contribution in [3.05, 3.63) is 35.9 Å². The van der Waals surface area contributed by atoms with Gasteiger partial charge in [-0.15, -0.1) is 10.2 Å². The highest BCUT2D eigenvalue weighted by Crippen LogP contribution is 2.05. The van der Waals surface area contributed by atoms with Crippen LogP contribution in [0.15, 0.2) is 28.9 Å². The molecule has 2 rings (SSSR count). The van der Waals surface area contributed by atoms with Gasteiger partial charge in [0.25, 0.3) is 0 Å². The molecule has 0 aliphatic heterocycles. The fourth-order valence-electron chi connectivity index (χ4n) is 1.05. The minimum atomic E-state index is -1.10. The van der Waals surface area contributed by atoms with Crippen LogP contribution in [0.1, 0.15) is 16.2 Å². The highest BCUT2D eigenvalue weighted by molar-refractivity contribution is 5.85. The second-order valence-corrected chi connectivity index (χ2v) is 2.94. The summed E-state index contributed by atoms with van der Waals surface area (Å²) in [6, 6.07) is 4.62. The predicted octanol–water partition coefficient (Wildman–Crippen LogP) is 0.775. The molecule has 7 nitrogen and oxygen atoms in total. The first-order chi connectivity index (χ1) is 7.75. The van der Waals surface area contributed by atoms with E-state index < -0.39 is 5.97 Å². The molecular formula is C9H8N4O3. The lowest BCUT2D eigenvalue weighted by Crippen LogP contribution is -2.05. The van der Waals surface area contributed by atoms with E-state index >= 15 is 0 Å². The summed E-state index contributed by atoms with van der Waals surface area (Å²) in [7, 11) is 0. The summed E-state index contributed by atoms with van der Waals surface area (Å²) in [5.41, 5.74) is -0.0924. The zero-order valence-electron chi connectivity index (χ0n) is 8.12. The van der Waals surface area contributed by atoms with Gasteiger partial charge in [0.1, 0.15) is 5.82 Å². The molecule has 82 valence electrons. The number of rotatable bonds is 4. The Bertz CT molecular complexity index is 466. The maximum Gasteiger partial charge on any atom is 0.356 e. The summed E-state index contributed by atoms with van der Waals surface area (Å²) in [6.07, 6.45) is 1.54. The molecule has 0 aromatic carbocycles. The smallest absolute Gasteiger partial charge is 0.356 e. The van der Waals surface area contributed by atoms with Gasteiger partial charge in [0, 0.05) is 6.07 Å². The molecule has 0 saturated heterocycles. The van der Waals surface area contributed by atoms with E-state index in [2.05, 4.69) is 20.7 Å². The van der Waals surface area contributed by atoms with Crippen molar-refractivity contribution in [2.24, 2.45) is 0 Å². The molecule has 0 atom stereocenters. The molecule has 2 N–H and O–H groups in total. The number of hydrogen-bond acceptors (Lipinski definition) is 6. The molecule has 0 saturated carbocycles. The Morgan fingerprint density at radius 1 is 1.38 bits per heavy atom. The summed E-state index contributed by atoms with van der Waals surface area (Å²) >= 11 is 0. The van der Waals surface area contributed by atoms with Crippen LogP contribution in [0.4, 0.5) is 5.82 Å². The average molecular weight is 220 g/mol. The monoisotopic (exact) mass is 220 g/mol. The fraction of sp³-hybridized carbons (Fsp3) is 0.111. The lowest BCUT2D eigenvalue weighted by atomic mass is 10.4. The van der Waals surface area contributed by atoms with Gasteiger partial charge >= 0.3 is 5.97 Å². The number of carboxylic acids is 1. The standard InChI is InChI=1S/C9H8N4O3/c14-9(15)7-1-2-8(13-12-7)10-5-6-3-4-11-16-6/h1-4H,5H2,(H,10,13)(H,14,15). The Morgan fingerprint density at radius 2 is 2.25 bits per heavy atom. The van der Waals surface area contributed by atoms with Crippen LogP contribution in [0, 0.1) is 0 Å². The molecule has 0 bridgehead atoms. The van der Waals surface area contributed by atoms with Crippen molar-refractivity contribution in [2.45, 2.75) is 6.54 Å². The molecule has 0 unspecified atom stereocenters. The number of hydrogen-bond donors (Lipinski definition) is 2. The van der Waals surface area contributed by atoms with Gasteiger partial charge in [-0.25, -0.2) is 4.79 Å². The molecule has 0 aliphatic rings. The summed E-state index contributed by atoms with van der Waals surface area (Å²) in [5, 5.41) is 22.3. The number of nitrogens with zero attached hydrogens (tertiary/aromatic N) is 3. The van der Waals surface area contributed by atoms with Crippen LogP contribution in [0.25, 0.3) is 0 Å². The highest BCUT2D eigenvalue weighted by Gasteiger charge is 2.05. The molecule has 7 heteroatoms. The average Bonchev–Trinajstić information content (AvgIpc) is 2.80. The van der Waals surface area contributed by atoms with E-state index in [1.807, 2.05) is 0 Å². The van der Waals surface area contributed by atoms with Gasteiger partial charge in [-0.05, 0) is 12.1 Å². The van der Waals surface area contributed by atoms with Crippen molar-refractivity contribution in [1.29, 1.82) is 0 Å². The molecule has 2 aromatic heterocycles. The largest absolute Gasteiger partial charge is 0.476 e.